The number of likely N-dealkylation sites (tertiary alicyclic amines) is 1. The number of nitrogens with two attached hydrogens (primary N) is 1. The Morgan fingerprint density at radius 1 is 1.53 bits per heavy atom. The van der Waals surface area contributed by atoms with Gasteiger partial charge in [0.1, 0.15) is 7.85 Å². The molecule has 2 N–H and O–H groups in total. The second-order valence-electron chi connectivity index (χ2n) is 5.36. The van der Waals surface area contributed by atoms with E-state index in [4.69, 9.17) is 5.73 Å². The topological polar surface area (TPSA) is 41.6 Å². The standard InChI is InChI=1S/C11H22BN3/c1-14-10-6-5-8-9(15(10)2)4-3-7-11(8,12)13/h8-9H,3-7,12-13H2,1-2H3/b14-10+. The van der Waals surface area contributed by atoms with Crippen molar-refractivity contribution in [3.05, 3.63) is 0 Å². The number of amidine groups is 1. The molecule has 1 aliphatic heterocycles. The first-order valence-corrected chi connectivity index (χ1v) is 6.03. The normalized spacial score (nSPS) is 44.2. The first kappa shape index (κ1) is 11.0. The summed E-state index contributed by atoms with van der Waals surface area (Å²) in [6.45, 7) is 0. The average Bonchev–Trinajstić information content (AvgIpc) is 2.19. The van der Waals surface area contributed by atoms with Crippen LogP contribution in [0.15, 0.2) is 4.99 Å². The van der Waals surface area contributed by atoms with Crippen LogP contribution in [0.3, 0.4) is 0 Å². The summed E-state index contributed by atoms with van der Waals surface area (Å²) >= 11 is 0. The van der Waals surface area contributed by atoms with Crippen LogP contribution in [-0.2, 0) is 0 Å². The van der Waals surface area contributed by atoms with E-state index in [1.165, 1.54) is 31.5 Å². The number of nitrogens with zero attached hydrogens (tertiary/aromatic N) is 2. The number of hydrogen-bond donors (Lipinski definition) is 1. The smallest absolute Gasteiger partial charge is 0.127 e. The van der Waals surface area contributed by atoms with E-state index >= 15 is 0 Å². The molecule has 2 fully saturated rings. The van der Waals surface area contributed by atoms with Crippen molar-refractivity contribution in [3.8, 4) is 0 Å². The van der Waals surface area contributed by atoms with Crippen molar-refractivity contribution in [2.75, 3.05) is 14.1 Å². The Balaban J connectivity index is 2.20. The van der Waals surface area contributed by atoms with E-state index in [9.17, 15) is 0 Å². The van der Waals surface area contributed by atoms with Crippen molar-refractivity contribution in [3.63, 3.8) is 0 Å². The molecular formula is C11H22BN3. The Bertz CT molecular complexity index is 275. The van der Waals surface area contributed by atoms with E-state index in [0.29, 0.717) is 12.0 Å². The van der Waals surface area contributed by atoms with Crippen LogP contribution in [0.25, 0.3) is 0 Å². The summed E-state index contributed by atoms with van der Waals surface area (Å²) in [6.07, 6.45) is 6.04. The van der Waals surface area contributed by atoms with Crippen molar-refractivity contribution in [1.29, 1.82) is 0 Å². The number of hydrogen-bond acceptors (Lipinski definition) is 2. The third-order valence-corrected chi connectivity index (χ3v) is 4.37. The SMILES string of the molecule is BC1(N)CCCC2C1CC/C(=N\C)N2C. The van der Waals surface area contributed by atoms with Gasteiger partial charge in [0.15, 0.2) is 0 Å². The molecule has 15 heavy (non-hydrogen) atoms. The van der Waals surface area contributed by atoms with E-state index in [0.717, 1.165) is 6.42 Å². The molecule has 1 saturated carbocycles. The summed E-state index contributed by atoms with van der Waals surface area (Å²) in [5, 5.41) is 0. The molecule has 2 rings (SSSR count). The molecule has 0 aromatic carbocycles. The molecule has 0 bridgehead atoms. The van der Waals surface area contributed by atoms with Gasteiger partial charge in [0.2, 0.25) is 0 Å². The summed E-state index contributed by atoms with van der Waals surface area (Å²) in [4.78, 5) is 6.74. The van der Waals surface area contributed by atoms with Crippen LogP contribution in [0.2, 0.25) is 0 Å². The molecule has 84 valence electrons. The maximum atomic E-state index is 6.41. The highest BCUT2D eigenvalue weighted by Crippen LogP contribution is 2.38. The third kappa shape index (κ3) is 1.80. The van der Waals surface area contributed by atoms with Crippen LogP contribution in [0.5, 0.6) is 0 Å². The van der Waals surface area contributed by atoms with Crippen LogP contribution in [-0.4, -0.2) is 44.2 Å². The van der Waals surface area contributed by atoms with Crippen molar-refractivity contribution >= 4 is 13.7 Å². The predicted octanol–water partition coefficient (Wildman–Crippen LogP) is 0.197. The van der Waals surface area contributed by atoms with Gasteiger partial charge < -0.3 is 10.6 Å². The molecule has 2 aliphatic rings. The second-order valence-corrected chi connectivity index (χ2v) is 5.36. The largest absolute Gasteiger partial charge is 0.360 e. The van der Waals surface area contributed by atoms with Gasteiger partial charge in [-0.25, -0.2) is 0 Å². The molecule has 3 unspecified atom stereocenters. The fraction of sp³-hybridized carbons (Fsp3) is 0.909. The van der Waals surface area contributed by atoms with Crippen LogP contribution in [0.1, 0.15) is 32.1 Å². The van der Waals surface area contributed by atoms with E-state index in [1.54, 1.807) is 0 Å². The van der Waals surface area contributed by atoms with Crippen LogP contribution >= 0.6 is 0 Å². The number of fused-ring (bicyclic) bond motifs is 1. The van der Waals surface area contributed by atoms with E-state index in [1.807, 2.05) is 7.05 Å². The summed E-state index contributed by atoms with van der Waals surface area (Å²) in [7, 11) is 6.31. The van der Waals surface area contributed by atoms with Gasteiger partial charge in [-0.15, -0.1) is 0 Å². The highest BCUT2D eigenvalue weighted by Gasteiger charge is 2.43. The van der Waals surface area contributed by atoms with Crippen LogP contribution in [0, 0.1) is 5.92 Å². The van der Waals surface area contributed by atoms with Gasteiger partial charge in [0, 0.05) is 26.6 Å². The van der Waals surface area contributed by atoms with E-state index in [-0.39, 0.29) is 5.44 Å². The van der Waals surface area contributed by atoms with Gasteiger partial charge in [0.05, 0.1) is 5.84 Å². The van der Waals surface area contributed by atoms with Gasteiger partial charge in [0.25, 0.3) is 0 Å². The van der Waals surface area contributed by atoms with Gasteiger partial charge in [-0.3, -0.25) is 4.99 Å². The van der Waals surface area contributed by atoms with Crippen molar-refractivity contribution in [2.45, 2.75) is 43.6 Å². The lowest BCUT2D eigenvalue weighted by atomic mass is 9.57. The third-order valence-electron chi connectivity index (χ3n) is 4.37. The molecule has 3 nitrogen and oxygen atoms in total. The van der Waals surface area contributed by atoms with Gasteiger partial charge in [-0.1, -0.05) is 6.42 Å². The summed E-state index contributed by atoms with van der Waals surface area (Å²) in [5.41, 5.74) is 6.45. The maximum absolute atomic E-state index is 6.41. The molecule has 0 amide bonds. The molecule has 1 heterocycles. The quantitative estimate of drug-likeness (QED) is 0.576. The first-order valence-electron chi connectivity index (χ1n) is 6.03. The molecule has 0 aromatic heterocycles. The summed E-state index contributed by atoms with van der Waals surface area (Å²) < 4.78 is 0. The lowest BCUT2D eigenvalue weighted by Crippen LogP contribution is -2.61. The molecule has 0 aromatic rings. The molecular weight excluding hydrogens is 185 g/mol. The minimum atomic E-state index is 0.0381. The Hall–Kier alpha value is -0.505. The average molecular weight is 207 g/mol. The monoisotopic (exact) mass is 207 g/mol. The molecule has 1 aliphatic carbocycles. The number of piperidine rings is 1. The molecule has 0 radical (unpaired) electrons. The van der Waals surface area contributed by atoms with Crippen molar-refractivity contribution in [2.24, 2.45) is 16.6 Å². The molecule has 1 saturated heterocycles. The zero-order chi connectivity index (χ0) is 11.1. The zero-order valence-corrected chi connectivity index (χ0v) is 10.2. The Morgan fingerprint density at radius 3 is 2.93 bits per heavy atom. The maximum Gasteiger partial charge on any atom is 0.127 e. The minimum Gasteiger partial charge on any atom is -0.360 e. The first-order chi connectivity index (χ1) is 7.06. The Morgan fingerprint density at radius 2 is 2.27 bits per heavy atom. The van der Waals surface area contributed by atoms with Crippen molar-refractivity contribution in [1.82, 2.24) is 4.90 Å². The van der Waals surface area contributed by atoms with Crippen LogP contribution in [0.4, 0.5) is 0 Å². The van der Waals surface area contributed by atoms with Gasteiger partial charge >= 0.3 is 0 Å². The second kappa shape index (κ2) is 3.82. The molecule has 4 heteroatoms. The number of aliphatic imine (C=N–C) groups is 1. The number of rotatable bonds is 0. The Kier molecular flexibility index (Phi) is 2.80. The lowest BCUT2D eigenvalue weighted by Gasteiger charge is -2.51. The minimum absolute atomic E-state index is 0.0381. The summed E-state index contributed by atoms with van der Waals surface area (Å²) in [6, 6.07) is 0.626. The summed E-state index contributed by atoms with van der Waals surface area (Å²) in [5.74, 6) is 1.91. The van der Waals surface area contributed by atoms with Crippen LogP contribution < -0.4 is 5.73 Å². The highest BCUT2D eigenvalue weighted by molar-refractivity contribution is 6.15. The van der Waals surface area contributed by atoms with E-state index in [2.05, 4.69) is 24.8 Å². The van der Waals surface area contributed by atoms with Gasteiger partial charge in [-0.2, -0.15) is 0 Å². The fourth-order valence-corrected chi connectivity index (χ4v) is 3.43. The predicted molar refractivity (Wildman–Crippen MR) is 66.9 cm³/mol. The van der Waals surface area contributed by atoms with Gasteiger partial charge in [-0.05, 0) is 30.6 Å². The lowest BCUT2D eigenvalue weighted by molar-refractivity contribution is 0.120. The highest BCUT2D eigenvalue weighted by atomic mass is 15.2. The molecule has 3 atom stereocenters. The fourth-order valence-electron chi connectivity index (χ4n) is 3.43. The van der Waals surface area contributed by atoms with E-state index < -0.39 is 0 Å². The Labute approximate surface area is 93.5 Å². The zero-order valence-electron chi connectivity index (χ0n) is 10.2. The van der Waals surface area contributed by atoms with Crippen molar-refractivity contribution < 1.29 is 0 Å². The molecule has 0 spiro atoms.